The number of aromatic nitrogens is 2. The van der Waals surface area contributed by atoms with Crippen LogP contribution >= 0.6 is 11.8 Å². The van der Waals surface area contributed by atoms with Crippen molar-refractivity contribution in [2.75, 3.05) is 5.75 Å². The molecule has 0 saturated heterocycles. The number of carbonyl (C=O) groups is 1. The van der Waals surface area contributed by atoms with Crippen molar-refractivity contribution in [3.63, 3.8) is 0 Å². The lowest BCUT2D eigenvalue weighted by Crippen LogP contribution is -2.08. The minimum absolute atomic E-state index is 0.00190. The van der Waals surface area contributed by atoms with Gasteiger partial charge in [0.25, 0.3) is 11.6 Å². The van der Waals surface area contributed by atoms with E-state index in [4.69, 9.17) is 6.42 Å². The number of thioether (sulfide) groups is 1. The average Bonchev–Trinajstić information content (AvgIpc) is 3.03. The van der Waals surface area contributed by atoms with Crippen LogP contribution in [-0.4, -0.2) is 26.1 Å². The Labute approximate surface area is 153 Å². The third-order valence-corrected chi connectivity index (χ3v) is 4.40. The summed E-state index contributed by atoms with van der Waals surface area (Å²) < 4.78 is 1.51. The van der Waals surface area contributed by atoms with Crippen molar-refractivity contribution in [2.24, 2.45) is 0 Å². The Hall–Kier alpha value is -3.37. The lowest BCUT2D eigenvalue weighted by atomic mass is 10.2. The van der Waals surface area contributed by atoms with Crippen LogP contribution in [0.25, 0.3) is 17.1 Å². The molecule has 7 heteroatoms. The summed E-state index contributed by atoms with van der Waals surface area (Å²) in [6.45, 7) is 0. The summed E-state index contributed by atoms with van der Waals surface area (Å²) >= 11 is 1.31. The topological polar surface area (TPSA) is 78.0 Å². The number of nitro benzene ring substituents is 1. The molecule has 0 unspecified atom stereocenters. The van der Waals surface area contributed by atoms with Crippen molar-refractivity contribution in [1.29, 1.82) is 0 Å². The first-order valence-electron chi connectivity index (χ1n) is 7.61. The number of fused-ring (bicyclic) bond motifs is 1. The number of rotatable bonds is 5. The van der Waals surface area contributed by atoms with Crippen molar-refractivity contribution in [3.8, 4) is 12.3 Å². The van der Waals surface area contributed by atoms with Crippen LogP contribution in [0.2, 0.25) is 0 Å². The summed E-state index contributed by atoms with van der Waals surface area (Å²) in [5.41, 5.74) is 2.10. The second kappa shape index (κ2) is 7.68. The molecule has 0 fully saturated rings. The summed E-state index contributed by atoms with van der Waals surface area (Å²) in [5, 5.41) is 11.2. The molecule has 26 heavy (non-hydrogen) atoms. The number of para-hydroxylation sites is 2. The number of non-ortho nitro benzene ring substituents is 1. The standard InChI is InChI=1S/C19H13N3O3S/c1-2-13-26-19-20-16-5-3-4-6-17(16)21(19)18(23)12-9-14-7-10-15(11-8-14)22(24)25/h1,3-12H,13H2/b12-9+. The van der Waals surface area contributed by atoms with Gasteiger partial charge in [0, 0.05) is 18.2 Å². The fourth-order valence-electron chi connectivity index (χ4n) is 2.37. The second-order valence-electron chi connectivity index (χ2n) is 5.23. The summed E-state index contributed by atoms with van der Waals surface area (Å²) in [7, 11) is 0. The Bertz CT molecular complexity index is 1050. The van der Waals surface area contributed by atoms with Crippen LogP contribution < -0.4 is 0 Å². The monoisotopic (exact) mass is 363 g/mol. The molecule has 0 amide bonds. The molecular weight excluding hydrogens is 350 g/mol. The van der Waals surface area contributed by atoms with Gasteiger partial charge in [0.15, 0.2) is 5.16 Å². The van der Waals surface area contributed by atoms with Gasteiger partial charge in [0.2, 0.25) is 0 Å². The number of hydrogen-bond acceptors (Lipinski definition) is 5. The fourth-order valence-corrected chi connectivity index (χ4v) is 3.06. The highest BCUT2D eigenvalue weighted by Crippen LogP contribution is 2.24. The van der Waals surface area contributed by atoms with Gasteiger partial charge in [-0.05, 0) is 35.9 Å². The SMILES string of the molecule is C#CCSc1nc2ccccc2n1C(=O)/C=C/c1ccc([N+](=O)[O-])cc1. The number of benzene rings is 2. The molecule has 3 aromatic rings. The van der Waals surface area contributed by atoms with Crippen LogP contribution in [0, 0.1) is 22.5 Å². The van der Waals surface area contributed by atoms with Gasteiger partial charge in [-0.1, -0.05) is 29.8 Å². The number of hydrogen-bond donors (Lipinski definition) is 0. The molecule has 3 rings (SSSR count). The van der Waals surface area contributed by atoms with Gasteiger partial charge in [-0.3, -0.25) is 19.5 Å². The number of allylic oxidation sites excluding steroid dienone is 1. The van der Waals surface area contributed by atoms with Gasteiger partial charge >= 0.3 is 0 Å². The normalized spacial score (nSPS) is 10.9. The summed E-state index contributed by atoms with van der Waals surface area (Å²) in [6, 6.07) is 13.3. The molecule has 0 aliphatic heterocycles. The second-order valence-corrected chi connectivity index (χ2v) is 6.17. The molecule has 1 heterocycles. The maximum absolute atomic E-state index is 12.7. The molecular formula is C19H13N3O3S. The fraction of sp³-hybridized carbons (Fsp3) is 0.0526. The third-order valence-electron chi connectivity index (χ3n) is 3.56. The quantitative estimate of drug-likeness (QED) is 0.225. The van der Waals surface area contributed by atoms with Crippen LogP contribution in [0.4, 0.5) is 5.69 Å². The molecule has 0 saturated carbocycles. The molecule has 0 atom stereocenters. The number of nitrogens with zero attached hydrogens (tertiary/aromatic N) is 3. The summed E-state index contributed by atoms with van der Waals surface area (Å²) in [4.78, 5) is 27.4. The average molecular weight is 363 g/mol. The molecule has 0 bridgehead atoms. The highest BCUT2D eigenvalue weighted by Gasteiger charge is 2.15. The first kappa shape index (κ1) is 17.5. The Morgan fingerprint density at radius 3 is 2.69 bits per heavy atom. The smallest absolute Gasteiger partial charge is 0.269 e. The first-order chi connectivity index (χ1) is 12.6. The van der Waals surface area contributed by atoms with E-state index in [1.165, 1.54) is 34.5 Å². The number of nitro groups is 1. The predicted molar refractivity (Wildman–Crippen MR) is 102 cm³/mol. The van der Waals surface area contributed by atoms with Crippen LogP contribution in [0.3, 0.4) is 0 Å². The maximum atomic E-state index is 12.7. The predicted octanol–water partition coefficient (Wildman–Crippen LogP) is 4.02. The number of imidazole rings is 1. The highest BCUT2D eigenvalue weighted by molar-refractivity contribution is 7.99. The molecule has 0 spiro atoms. The van der Waals surface area contributed by atoms with Gasteiger partial charge in [-0.2, -0.15) is 0 Å². The van der Waals surface area contributed by atoms with Gasteiger partial charge < -0.3 is 0 Å². The van der Waals surface area contributed by atoms with Gasteiger partial charge in [-0.25, -0.2) is 4.98 Å². The lowest BCUT2D eigenvalue weighted by Gasteiger charge is -2.03. The molecule has 0 aliphatic carbocycles. The van der Waals surface area contributed by atoms with Crippen molar-refractivity contribution in [1.82, 2.24) is 9.55 Å². The molecule has 1 aromatic heterocycles. The first-order valence-corrected chi connectivity index (χ1v) is 8.59. The Kier molecular flexibility index (Phi) is 5.15. The molecule has 6 nitrogen and oxygen atoms in total. The lowest BCUT2D eigenvalue weighted by molar-refractivity contribution is -0.384. The molecule has 0 aliphatic rings. The zero-order valence-corrected chi connectivity index (χ0v) is 14.3. The molecule has 0 N–H and O–H groups in total. The highest BCUT2D eigenvalue weighted by atomic mass is 32.2. The van der Waals surface area contributed by atoms with Crippen molar-refractivity contribution in [2.45, 2.75) is 5.16 Å². The van der Waals surface area contributed by atoms with Crippen LogP contribution in [0.15, 0.2) is 59.8 Å². The van der Waals surface area contributed by atoms with E-state index in [0.29, 0.717) is 27.5 Å². The maximum Gasteiger partial charge on any atom is 0.269 e. The summed E-state index contributed by atoms with van der Waals surface area (Å²) in [5.74, 6) is 2.66. The molecule has 128 valence electrons. The van der Waals surface area contributed by atoms with Crippen molar-refractivity contribution in [3.05, 3.63) is 70.3 Å². The van der Waals surface area contributed by atoms with E-state index in [9.17, 15) is 14.9 Å². The van der Waals surface area contributed by atoms with Crippen molar-refractivity contribution >= 4 is 40.5 Å². The minimum Gasteiger partial charge on any atom is -0.269 e. The van der Waals surface area contributed by atoms with E-state index in [1.54, 1.807) is 18.2 Å². The summed E-state index contributed by atoms with van der Waals surface area (Å²) in [6.07, 6.45) is 8.33. The van der Waals surface area contributed by atoms with Gasteiger partial charge in [0.1, 0.15) is 0 Å². The zero-order chi connectivity index (χ0) is 18.5. The van der Waals surface area contributed by atoms with E-state index in [1.807, 2.05) is 24.3 Å². The van der Waals surface area contributed by atoms with E-state index in [2.05, 4.69) is 10.9 Å². The number of terminal acetylenes is 1. The van der Waals surface area contributed by atoms with Crippen LogP contribution in [0.1, 0.15) is 10.4 Å². The molecule has 2 aromatic carbocycles. The Morgan fingerprint density at radius 2 is 2.00 bits per heavy atom. The molecule has 0 radical (unpaired) electrons. The van der Waals surface area contributed by atoms with E-state index in [0.717, 1.165) is 0 Å². The Balaban J connectivity index is 1.91. The van der Waals surface area contributed by atoms with Crippen LogP contribution in [0.5, 0.6) is 0 Å². The van der Waals surface area contributed by atoms with Gasteiger partial charge in [-0.15, -0.1) is 6.42 Å². The van der Waals surface area contributed by atoms with Crippen molar-refractivity contribution < 1.29 is 9.72 Å². The zero-order valence-electron chi connectivity index (χ0n) is 13.5. The van der Waals surface area contributed by atoms with E-state index in [-0.39, 0.29) is 11.6 Å². The van der Waals surface area contributed by atoms with E-state index >= 15 is 0 Å². The number of carbonyl (C=O) groups excluding carboxylic acids is 1. The van der Waals surface area contributed by atoms with Gasteiger partial charge in [0.05, 0.1) is 21.7 Å². The Morgan fingerprint density at radius 1 is 1.27 bits per heavy atom. The minimum atomic E-state index is -0.467. The third kappa shape index (κ3) is 3.66. The van der Waals surface area contributed by atoms with Crippen LogP contribution in [-0.2, 0) is 0 Å². The largest absolute Gasteiger partial charge is 0.269 e. The van der Waals surface area contributed by atoms with E-state index < -0.39 is 4.92 Å².